The molecule has 0 spiro atoms. The Kier molecular flexibility index (Phi) is 2.34. The van der Waals surface area contributed by atoms with Gasteiger partial charge in [-0.1, -0.05) is 29.8 Å². The number of nitrogens with zero attached hydrogens (tertiary/aromatic N) is 1. The first-order valence-corrected chi connectivity index (χ1v) is 6.20. The van der Waals surface area contributed by atoms with Crippen molar-refractivity contribution in [2.45, 2.75) is 6.92 Å². The van der Waals surface area contributed by atoms with Gasteiger partial charge in [-0.2, -0.15) is 0 Å². The van der Waals surface area contributed by atoms with E-state index in [1.54, 1.807) is 23.5 Å². The molecule has 0 saturated carbocycles. The molecular weight excluding hydrogens is 230 g/mol. The van der Waals surface area contributed by atoms with Crippen LogP contribution in [0.5, 0.6) is 5.75 Å². The maximum Gasteiger partial charge on any atom is 0.124 e. The van der Waals surface area contributed by atoms with Crippen LogP contribution >= 0.6 is 11.3 Å². The van der Waals surface area contributed by atoms with Gasteiger partial charge in [0, 0.05) is 5.56 Å². The van der Waals surface area contributed by atoms with Crippen LogP contribution in [0, 0.1) is 6.92 Å². The maximum atomic E-state index is 9.43. The van der Waals surface area contributed by atoms with Gasteiger partial charge < -0.3 is 5.11 Å². The van der Waals surface area contributed by atoms with E-state index in [2.05, 4.69) is 36.2 Å². The zero-order valence-corrected chi connectivity index (χ0v) is 10.2. The highest BCUT2D eigenvalue weighted by molar-refractivity contribution is 7.21. The average Bonchev–Trinajstić information content (AvgIpc) is 2.72. The predicted octanol–water partition coefficient (Wildman–Crippen LogP) is 3.98. The van der Waals surface area contributed by atoms with Gasteiger partial charge >= 0.3 is 0 Å². The summed E-state index contributed by atoms with van der Waals surface area (Å²) < 4.78 is 1.01. The molecule has 3 rings (SSSR count). The molecule has 0 aliphatic rings. The van der Waals surface area contributed by atoms with Crippen molar-refractivity contribution in [3.63, 3.8) is 0 Å². The van der Waals surface area contributed by atoms with Gasteiger partial charge in [0.1, 0.15) is 10.8 Å². The van der Waals surface area contributed by atoms with E-state index in [9.17, 15) is 5.11 Å². The summed E-state index contributed by atoms with van der Waals surface area (Å²) in [5, 5.41) is 10.4. The van der Waals surface area contributed by atoms with Gasteiger partial charge in [-0.05, 0) is 25.1 Å². The fraction of sp³-hybridized carbons (Fsp3) is 0.0714. The summed E-state index contributed by atoms with van der Waals surface area (Å²) >= 11 is 1.60. The number of aromatic nitrogens is 1. The van der Waals surface area contributed by atoms with Gasteiger partial charge in [-0.25, -0.2) is 4.98 Å². The van der Waals surface area contributed by atoms with E-state index < -0.39 is 0 Å². The van der Waals surface area contributed by atoms with E-state index in [0.29, 0.717) is 0 Å². The first-order valence-electron chi connectivity index (χ1n) is 5.39. The van der Waals surface area contributed by atoms with Crippen molar-refractivity contribution >= 4 is 21.6 Å². The lowest BCUT2D eigenvalue weighted by Gasteiger charge is -1.95. The molecule has 1 heterocycles. The molecule has 84 valence electrons. The van der Waals surface area contributed by atoms with Crippen LogP contribution in [0.1, 0.15) is 5.56 Å². The van der Waals surface area contributed by atoms with Crippen molar-refractivity contribution in [3.8, 4) is 16.3 Å². The predicted molar refractivity (Wildman–Crippen MR) is 71.5 cm³/mol. The fourth-order valence-corrected chi connectivity index (χ4v) is 2.74. The third-order valence-corrected chi connectivity index (χ3v) is 3.74. The number of rotatable bonds is 1. The number of aromatic hydroxyl groups is 1. The summed E-state index contributed by atoms with van der Waals surface area (Å²) in [6.07, 6.45) is 0. The molecule has 2 nitrogen and oxygen atoms in total. The normalized spacial score (nSPS) is 10.9. The highest BCUT2D eigenvalue weighted by Crippen LogP contribution is 2.31. The molecule has 0 unspecified atom stereocenters. The van der Waals surface area contributed by atoms with Crippen LogP contribution in [0.4, 0.5) is 0 Å². The zero-order valence-electron chi connectivity index (χ0n) is 9.34. The van der Waals surface area contributed by atoms with Gasteiger partial charge in [-0.3, -0.25) is 0 Å². The van der Waals surface area contributed by atoms with Crippen LogP contribution in [0.25, 0.3) is 20.8 Å². The van der Waals surface area contributed by atoms with E-state index >= 15 is 0 Å². The molecule has 0 saturated heterocycles. The van der Waals surface area contributed by atoms with E-state index in [1.807, 2.05) is 6.07 Å². The number of benzene rings is 2. The molecule has 0 radical (unpaired) electrons. The van der Waals surface area contributed by atoms with E-state index in [0.717, 1.165) is 20.8 Å². The lowest BCUT2D eigenvalue weighted by molar-refractivity contribution is 0.476. The Morgan fingerprint density at radius 1 is 1.06 bits per heavy atom. The minimum absolute atomic E-state index is 0.289. The van der Waals surface area contributed by atoms with Crippen LogP contribution in [-0.2, 0) is 0 Å². The second kappa shape index (κ2) is 3.86. The molecular formula is C14H11NOS. The first kappa shape index (κ1) is 10.3. The Morgan fingerprint density at radius 2 is 1.82 bits per heavy atom. The van der Waals surface area contributed by atoms with Crippen LogP contribution in [-0.4, -0.2) is 10.1 Å². The van der Waals surface area contributed by atoms with E-state index in [4.69, 9.17) is 0 Å². The third kappa shape index (κ3) is 1.89. The summed E-state index contributed by atoms with van der Waals surface area (Å²) in [6.45, 7) is 2.07. The molecule has 2 aromatic carbocycles. The van der Waals surface area contributed by atoms with Gasteiger partial charge in [0.15, 0.2) is 0 Å². The average molecular weight is 241 g/mol. The Bertz CT molecular complexity index is 670. The minimum Gasteiger partial charge on any atom is -0.508 e. The molecule has 3 aromatic rings. The monoisotopic (exact) mass is 241 g/mol. The fourth-order valence-electron chi connectivity index (χ4n) is 1.73. The Hall–Kier alpha value is -1.87. The van der Waals surface area contributed by atoms with Crippen LogP contribution in [0.3, 0.4) is 0 Å². The lowest BCUT2D eigenvalue weighted by Crippen LogP contribution is -1.76. The quantitative estimate of drug-likeness (QED) is 0.699. The number of phenolic OH excluding ortho intramolecular Hbond substituents is 1. The molecule has 0 aliphatic heterocycles. The number of aryl methyl sites for hydroxylation is 1. The first-order chi connectivity index (χ1) is 8.22. The molecule has 3 heteroatoms. The van der Waals surface area contributed by atoms with Crippen molar-refractivity contribution in [2.24, 2.45) is 0 Å². The molecule has 1 aromatic heterocycles. The molecule has 0 fully saturated rings. The Labute approximate surface area is 103 Å². The van der Waals surface area contributed by atoms with Crippen molar-refractivity contribution in [1.29, 1.82) is 0 Å². The second-order valence-electron chi connectivity index (χ2n) is 4.04. The zero-order chi connectivity index (χ0) is 11.8. The van der Waals surface area contributed by atoms with Gasteiger partial charge in [0.2, 0.25) is 0 Å². The van der Waals surface area contributed by atoms with Crippen molar-refractivity contribution < 1.29 is 5.11 Å². The molecule has 0 bridgehead atoms. The number of fused-ring (bicyclic) bond motifs is 1. The maximum absolute atomic E-state index is 9.43. The van der Waals surface area contributed by atoms with Crippen molar-refractivity contribution in [2.75, 3.05) is 0 Å². The lowest BCUT2D eigenvalue weighted by atomic mass is 10.2. The Balaban J connectivity index is 2.14. The number of hydrogen-bond acceptors (Lipinski definition) is 3. The van der Waals surface area contributed by atoms with Crippen LogP contribution in [0.15, 0.2) is 42.5 Å². The summed E-state index contributed by atoms with van der Waals surface area (Å²) in [7, 11) is 0. The molecule has 1 N–H and O–H groups in total. The number of hydrogen-bond donors (Lipinski definition) is 1. The highest BCUT2D eigenvalue weighted by atomic mass is 32.1. The Morgan fingerprint density at radius 3 is 2.59 bits per heavy atom. The smallest absolute Gasteiger partial charge is 0.124 e. The van der Waals surface area contributed by atoms with Crippen molar-refractivity contribution in [1.82, 2.24) is 4.98 Å². The summed E-state index contributed by atoms with van der Waals surface area (Å²) in [4.78, 5) is 4.56. The minimum atomic E-state index is 0.289. The van der Waals surface area contributed by atoms with Gasteiger partial charge in [0.25, 0.3) is 0 Å². The highest BCUT2D eigenvalue weighted by Gasteiger charge is 2.06. The summed E-state index contributed by atoms with van der Waals surface area (Å²) in [5.74, 6) is 0.289. The summed E-state index contributed by atoms with van der Waals surface area (Å²) in [5.41, 5.74) is 3.30. The molecule has 0 aliphatic carbocycles. The molecule has 0 atom stereocenters. The number of phenols is 1. The van der Waals surface area contributed by atoms with Crippen molar-refractivity contribution in [3.05, 3.63) is 48.0 Å². The standard InChI is InChI=1S/C14H11NOS/c1-9-2-4-10(5-3-9)14-15-12-7-6-11(16)8-13(12)17-14/h2-8,16H,1H3. The van der Waals surface area contributed by atoms with Crippen LogP contribution < -0.4 is 0 Å². The van der Waals surface area contributed by atoms with E-state index in [-0.39, 0.29) is 5.75 Å². The SMILES string of the molecule is Cc1ccc(-c2nc3ccc(O)cc3s2)cc1. The van der Waals surface area contributed by atoms with Crippen LogP contribution in [0.2, 0.25) is 0 Å². The molecule has 0 amide bonds. The second-order valence-corrected chi connectivity index (χ2v) is 5.07. The third-order valence-electron chi connectivity index (χ3n) is 2.67. The van der Waals surface area contributed by atoms with Gasteiger partial charge in [-0.15, -0.1) is 11.3 Å². The topological polar surface area (TPSA) is 33.1 Å². The largest absolute Gasteiger partial charge is 0.508 e. The number of thiazole rings is 1. The van der Waals surface area contributed by atoms with E-state index in [1.165, 1.54) is 5.56 Å². The van der Waals surface area contributed by atoms with Gasteiger partial charge in [0.05, 0.1) is 10.2 Å². The summed E-state index contributed by atoms with van der Waals surface area (Å²) in [6, 6.07) is 13.6. The molecule has 17 heavy (non-hydrogen) atoms.